The summed E-state index contributed by atoms with van der Waals surface area (Å²) in [5, 5.41) is 11.6. The molecular formula is C25H38Cl2N8O2. The number of aliphatic imine (C=N–C) groups is 1. The number of carbonyl (C=O) groups is 1. The number of rotatable bonds is 14. The zero-order valence-electron chi connectivity index (χ0n) is 21.6. The first-order valence-electron chi connectivity index (χ1n) is 12.5. The average Bonchev–Trinajstić information content (AvgIpc) is 2.86. The summed E-state index contributed by atoms with van der Waals surface area (Å²) in [6.07, 6.45) is 4.77. The topological polar surface area (TPSA) is 144 Å². The standard InChI is InChI=1S/C25H38Cl2N8O2/c1-3-4-11-35(25(24(27)30)32-22(28)16-23(29)36)15-14-33(2)20-9-12-34(13-10-20)21(17-31-37)18-5-7-19(26)8-6-18/h5-8,16,20-21,30H,3-4,9-15,17,28H2,1-2H3,(H2,29,36)/b22-16+,30-24?,32-25+/t21-/m0/s1. The Labute approximate surface area is 229 Å². The molecule has 1 heterocycles. The van der Waals surface area contributed by atoms with Crippen molar-refractivity contribution in [1.29, 1.82) is 5.41 Å². The van der Waals surface area contributed by atoms with E-state index in [1.807, 2.05) is 29.2 Å². The number of carbonyl (C=O) groups excluding carboxylic acids is 1. The number of benzene rings is 1. The zero-order valence-corrected chi connectivity index (χ0v) is 23.1. The Kier molecular flexibility index (Phi) is 13.0. The van der Waals surface area contributed by atoms with Crippen molar-refractivity contribution in [2.24, 2.45) is 21.6 Å². The van der Waals surface area contributed by atoms with Gasteiger partial charge in [-0.2, -0.15) is 4.91 Å². The van der Waals surface area contributed by atoms with Crippen LogP contribution < -0.4 is 11.5 Å². The van der Waals surface area contributed by atoms with E-state index < -0.39 is 5.91 Å². The van der Waals surface area contributed by atoms with E-state index in [1.54, 1.807) is 0 Å². The molecule has 1 aliphatic heterocycles. The van der Waals surface area contributed by atoms with E-state index in [0.29, 0.717) is 24.2 Å². The van der Waals surface area contributed by atoms with Gasteiger partial charge >= 0.3 is 0 Å². The molecule has 1 aliphatic rings. The molecule has 1 atom stereocenters. The number of halogens is 2. The lowest BCUT2D eigenvalue weighted by atomic mass is 9.98. The number of nitroso groups, excluding NO2 is 1. The molecule has 2 rings (SSSR count). The molecule has 1 fully saturated rings. The van der Waals surface area contributed by atoms with Crippen molar-refractivity contribution in [1.82, 2.24) is 14.7 Å². The molecule has 0 aliphatic carbocycles. The van der Waals surface area contributed by atoms with Crippen LogP contribution in [0.5, 0.6) is 0 Å². The molecule has 0 radical (unpaired) electrons. The molecule has 0 saturated carbocycles. The molecule has 10 nitrogen and oxygen atoms in total. The van der Waals surface area contributed by atoms with E-state index >= 15 is 0 Å². The third-order valence-electron chi connectivity index (χ3n) is 6.59. The van der Waals surface area contributed by atoms with Crippen molar-refractivity contribution in [3.05, 3.63) is 51.7 Å². The van der Waals surface area contributed by atoms with Crippen molar-refractivity contribution in [3.8, 4) is 0 Å². The van der Waals surface area contributed by atoms with E-state index in [-0.39, 0.29) is 29.4 Å². The third kappa shape index (κ3) is 10.0. The number of hydrogen-bond donors (Lipinski definition) is 3. The van der Waals surface area contributed by atoms with E-state index in [9.17, 15) is 9.70 Å². The first-order valence-corrected chi connectivity index (χ1v) is 13.2. The number of amidine groups is 1. The first-order chi connectivity index (χ1) is 17.7. The Bertz CT molecular complexity index is 962. The molecule has 5 N–H and O–H groups in total. The lowest BCUT2D eigenvalue weighted by Gasteiger charge is -2.40. The smallest absolute Gasteiger partial charge is 0.245 e. The number of nitrogens with zero attached hydrogens (tertiary/aromatic N) is 5. The summed E-state index contributed by atoms with van der Waals surface area (Å²) in [6.45, 7) is 5.97. The minimum Gasteiger partial charge on any atom is -0.383 e. The van der Waals surface area contributed by atoms with Gasteiger partial charge in [0.15, 0.2) is 11.0 Å². The summed E-state index contributed by atoms with van der Waals surface area (Å²) in [5.41, 5.74) is 12.0. The zero-order chi connectivity index (χ0) is 27.4. The van der Waals surface area contributed by atoms with Crippen LogP contribution in [0.25, 0.3) is 0 Å². The van der Waals surface area contributed by atoms with Crippen LogP contribution >= 0.6 is 23.2 Å². The van der Waals surface area contributed by atoms with Gasteiger partial charge in [-0.25, -0.2) is 4.99 Å². The molecule has 204 valence electrons. The maximum Gasteiger partial charge on any atom is 0.245 e. The van der Waals surface area contributed by atoms with Gasteiger partial charge < -0.3 is 21.3 Å². The van der Waals surface area contributed by atoms with Gasteiger partial charge in [-0.05, 0) is 44.0 Å². The van der Waals surface area contributed by atoms with Crippen LogP contribution in [0, 0.1) is 10.3 Å². The average molecular weight is 554 g/mol. The number of unbranched alkanes of at least 4 members (excludes halogenated alkanes) is 1. The number of primary amides is 1. The molecule has 0 aromatic heterocycles. The number of nitrogens with two attached hydrogens (primary N) is 2. The minimum atomic E-state index is -0.713. The van der Waals surface area contributed by atoms with Crippen molar-refractivity contribution in [2.75, 3.05) is 46.3 Å². The number of piperidine rings is 1. The number of likely N-dealkylation sites (tertiary alicyclic amines) is 1. The highest BCUT2D eigenvalue weighted by Crippen LogP contribution is 2.27. The summed E-state index contributed by atoms with van der Waals surface area (Å²) >= 11 is 12.1. The Morgan fingerprint density at radius 3 is 2.41 bits per heavy atom. The summed E-state index contributed by atoms with van der Waals surface area (Å²) in [6, 6.07) is 7.91. The summed E-state index contributed by atoms with van der Waals surface area (Å²) < 4.78 is 0. The summed E-state index contributed by atoms with van der Waals surface area (Å²) in [5.74, 6) is -0.578. The van der Waals surface area contributed by atoms with Crippen LogP contribution in [0.3, 0.4) is 0 Å². The largest absolute Gasteiger partial charge is 0.383 e. The molecule has 37 heavy (non-hydrogen) atoms. The molecule has 12 heteroatoms. The normalized spacial score (nSPS) is 16.6. The number of amides is 1. The number of nitrogens with one attached hydrogen (secondary N) is 1. The van der Waals surface area contributed by atoms with Gasteiger partial charge in [0, 0.05) is 49.9 Å². The highest BCUT2D eigenvalue weighted by atomic mass is 35.5. The van der Waals surface area contributed by atoms with E-state index in [1.165, 1.54) is 0 Å². The monoisotopic (exact) mass is 552 g/mol. The SMILES string of the molecule is CCCCN(CCN(C)C1CCN([C@@H](CN=O)c2ccc(Cl)cc2)CC1)/C(=N/C(N)=C/C(N)=O)C(=N)Cl. The van der Waals surface area contributed by atoms with Crippen LogP contribution in [-0.2, 0) is 4.79 Å². The maximum atomic E-state index is 11.1. The second-order valence-electron chi connectivity index (χ2n) is 9.19. The highest BCUT2D eigenvalue weighted by Gasteiger charge is 2.28. The molecular weight excluding hydrogens is 515 g/mol. The van der Waals surface area contributed by atoms with Crippen molar-refractivity contribution >= 4 is 40.1 Å². The predicted octanol–water partition coefficient (Wildman–Crippen LogP) is 3.55. The van der Waals surface area contributed by atoms with E-state index in [2.05, 4.69) is 33.9 Å². The van der Waals surface area contributed by atoms with Crippen LogP contribution in [0.2, 0.25) is 5.02 Å². The first kappa shape index (κ1) is 30.7. The van der Waals surface area contributed by atoms with Crippen LogP contribution in [-0.4, -0.2) is 84.0 Å². The van der Waals surface area contributed by atoms with E-state index in [4.69, 9.17) is 40.1 Å². The fourth-order valence-electron chi connectivity index (χ4n) is 4.52. The molecule has 1 aromatic rings. The van der Waals surface area contributed by atoms with Gasteiger partial charge in [-0.1, -0.05) is 53.9 Å². The van der Waals surface area contributed by atoms with Crippen molar-refractivity contribution in [2.45, 2.75) is 44.7 Å². The van der Waals surface area contributed by atoms with Crippen molar-refractivity contribution < 1.29 is 4.79 Å². The Morgan fingerprint density at radius 2 is 1.86 bits per heavy atom. The molecule has 1 saturated heterocycles. The van der Waals surface area contributed by atoms with Gasteiger partial charge in [-0.15, -0.1) is 0 Å². The van der Waals surface area contributed by atoms with Crippen LogP contribution in [0.1, 0.15) is 44.2 Å². The lowest BCUT2D eigenvalue weighted by Crippen LogP contribution is -2.48. The molecule has 1 amide bonds. The molecule has 1 aromatic carbocycles. The maximum absolute atomic E-state index is 11.1. The lowest BCUT2D eigenvalue weighted by molar-refractivity contribution is -0.113. The number of likely N-dealkylation sites (N-methyl/N-ethyl adjacent to an activating group) is 1. The van der Waals surface area contributed by atoms with Gasteiger partial charge in [-0.3, -0.25) is 15.1 Å². The fraction of sp³-hybridized carbons (Fsp3) is 0.560. The summed E-state index contributed by atoms with van der Waals surface area (Å²) in [7, 11) is 2.09. The Hall–Kier alpha value is -2.53. The van der Waals surface area contributed by atoms with Gasteiger partial charge in [0.05, 0.1) is 6.04 Å². The highest BCUT2D eigenvalue weighted by molar-refractivity contribution is 6.82. The Balaban J connectivity index is 2.02. The fourth-order valence-corrected chi connectivity index (χ4v) is 4.81. The second kappa shape index (κ2) is 15.7. The summed E-state index contributed by atoms with van der Waals surface area (Å²) in [4.78, 5) is 33.0. The van der Waals surface area contributed by atoms with Crippen molar-refractivity contribution in [3.63, 3.8) is 0 Å². The van der Waals surface area contributed by atoms with Gasteiger partial charge in [0.25, 0.3) is 0 Å². The quantitative estimate of drug-likeness (QED) is 0.139. The van der Waals surface area contributed by atoms with Crippen LogP contribution in [0.4, 0.5) is 0 Å². The third-order valence-corrected chi connectivity index (χ3v) is 7.01. The van der Waals surface area contributed by atoms with E-state index in [0.717, 1.165) is 57.0 Å². The predicted molar refractivity (Wildman–Crippen MR) is 151 cm³/mol. The number of hydrogen-bond acceptors (Lipinski definition) is 8. The minimum absolute atomic E-state index is 0.0574. The second-order valence-corrected chi connectivity index (χ2v) is 10.0. The van der Waals surface area contributed by atoms with Crippen LogP contribution in [0.15, 0.2) is 46.3 Å². The Morgan fingerprint density at radius 1 is 1.22 bits per heavy atom. The van der Waals surface area contributed by atoms with Gasteiger partial charge in [0.2, 0.25) is 5.91 Å². The van der Waals surface area contributed by atoms with Gasteiger partial charge in [0.1, 0.15) is 12.4 Å². The molecule has 0 spiro atoms. The molecule has 0 unspecified atom stereocenters. The molecule has 0 bridgehead atoms.